The van der Waals surface area contributed by atoms with E-state index in [0.29, 0.717) is 24.6 Å². The molecule has 3 aliphatic rings. The molecule has 0 spiro atoms. The number of likely N-dealkylation sites (tertiary alicyclic amines) is 2. The molecule has 0 radical (unpaired) electrons. The van der Waals surface area contributed by atoms with Gasteiger partial charge >= 0.3 is 0 Å². The summed E-state index contributed by atoms with van der Waals surface area (Å²) in [6.07, 6.45) is 7.87. The molecular formula is C17H22N4O2. The van der Waals surface area contributed by atoms with E-state index >= 15 is 0 Å². The summed E-state index contributed by atoms with van der Waals surface area (Å²) in [6.45, 7) is 3.44. The minimum absolute atomic E-state index is 0.0503. The second kappa shape index (κ2) is 5.58. The largest absolute Gasteiger partial charge is 0.337 e. The molecule has 6 nitrogen and oxygen atoms in total. The minimum Gasteiger partial charge on any atom is -0.337 e. The van der Waals surface area contributed by atoms with Gasteiger partial charge in [-0.1, -0.05) is 0 Å². The van der Waals surface area contributed by atoms with E-state index in [1.165, 1.54) is 12.8 Å². The van der Waals surface area contributed by atoms with Gasteiger partial charge in [-0.05, 0) is 38.5 Å². The van der Waals surface area contributed by atoms with E-state index in [1.807, 2.05) is 11.8 Å². The van der Waals surface area contributed by atoms with E-state index in [9.17, 15) is 9.59 Å². The van der Waals surface area contributed by atoms with Crippen molar-refractivity contribution >= 4 is 11.8 Å². The van der Waals surface area contributed by atoms with Gasteiger partial charge in [0.1, 0.15) is 5.69 Å². The molecule has 6 heteroatoms. The second-order valence-corrected chi connectivity index (χ2v) is 6.99. The van der Waals surface area contributed by atoms with Crippen molar-refractivity contribution < 1.29 is 9.59 Å². The highest BCUT2D eigenvalue weighted by molar-refractivity contribution is 5.92. The van der Waals surface area contributed by atoms with Crippen LogP contribution in [0.1, 0.15) is 48.3 Å². The van der Waals surface area contributed by atoms with Crippen molar-refractivity contribution in [3.05, 3.63) is 23.8 Å². The summed E-state index contributed by atoms with van der Waals surface area (Å²) in [7, 11) is 0. The van der Waals surface area contributed by atoms with Crippen LogP contribution in [0.25, 0.3) is 0 Å². The van der Waals surface area contributed by atoms with Gasteiger partial charge in [0.05, 0.1) is 24.0 Å². The van der Waals surface area contributed by atoms with Gasteiger partial charge in [-0.2, -0.15) is 0 Å². The zero-order valence-electron chi connectivity index (χ0n) is 13.4. The lowest BCUT2D eigenvalue weighted by molar-refractivity contribution is -0.137. The molecule has 122 valence electrons. The zero-order valence-corrected chi connectivity index (χ0v) is 13.4. The van der Waals surface area contributed by atoms with Crippen LogP contribution in [-0.2, 0) is 4.79 Å². The Kier molecular flexibility index (Phi) is 3.54. The lowest BCUT2D eigenvalue weighted by atomic mass is 9.95. The third-order valence-electron chi connectivity index (χ3n) is 5.30. The highest BCUT2D eigenvalue weighted by atomic mass is 16.2. The average Bonchev–Trinajstić information content (AvgIpc) is 3.27. The summed E-state index contributed by atoms with van der Waals surface area (Å²) >= 11 is 0. The molecule has 23 heavy (non-hydrogen) atoms. The molecule has 1 aromatic heterocycles. The van der Waals surface area contributed by atoms with Gasteiger partial charge in [0, 0.05) is 25.7 Å². The number of aryl methyl sites for hydroxylation is 1. The molecule has 0 unspecified atom stereocenters. The first-order valence-electron chi connectivity index (χ1n) is 8.52. The smallest absolute Gasteiger partial charge is 0.274 e. The Morgan fingerprint density at radius 2 is 2.00 bits per heavy atom. The van der Waals surface area contributed by atoms with E-state index in [1.54, 1.807) is 12.4 Å². The molecule has 1 saturated carbocycles. The molecule has 2 saturated heterocycles. The topological polar surface area (TPSA) is 66.4 Å². The van der Waals surface area contributed by atoms with E-state index < -0.39 is 0 Å². The molecule has 1 aliphatic carbocycles. The number of carbonyl (C=O) groups is 2. The third-order valence-corrected chi connectivity index (χ3v) is 5.30. The number of carbonyl (C=O) groups excluding carboxylic acids is 2. The molecule has 3 heterocycles. The predicted octanol–water partition coefficient (Wildman–Crippen LogP) is 1.40. The zero-order chi connectivity index (χ0) is 16.0. The number of fused-ring (bicyclic) bond motifs is 1. The number of amides is 2. The van der Waals surface area contributed by atoms with Crippen molar-refractivity contribution in [1.29, 1.82) is 0 Å². The average molecular weight is 314 g/mol. The number of hydrogen-bond donors (Lipinski definition) is 0. The number of aromatic nitrogens is 2. The molecular weight excluding hydrogens is 292 g/mol. The Morgan fingerprint density at radius 3 is 2.70 bits per heavy atom. The number of piperidine rings is 1. The molecule has 2 aliphatic heterocycles. The van der Waals surface area contributed by atoms with Crippen LogP contribution >= 0.6 is 0 Å². The third kappa shape index (κ3) is 2.71. The first kappa shape index (κ1) is 14.6. The number of nitrogens with zero attached hydrogens (tertiary/aromatic N) is 4. The SMILES string of the molecule is Cc1cnc(C(=O)N2CC[C@@H]3[C@H]2CCC(=O)N3CC2CC2)cn1. The van der Waals surface area contributed by atoms with Crippen molar-refractivity contribution in [2.75, 3.05) is 13.1 Å². The van der Waals surface area contributed by atoms with Crippen LogP contribution in [0.4, 0.5) is 0 Å². The van der Waals surface area contributed by atoms with E-state index in [0.717, 1.165) is 25.1 Å². The fraction of sp³-hybridized carbons (Fsp3) is 0.647. The Hall–Kier alpha value is -1.98. The van der Waals surface area contributed by atoms with E-state index in [2.05, 4.69) is 14.9 Å². The van der Waals surface area contributed by atoms with E-state index in [4.69, 9.17) is 0 Å². The Morgan fingerprint density at radius 1 is 1.17 bits per heavy atom. The maximum absolute atomic E-state index is 12.8. The van der Waals surface area contributed by atoms with Crippen LogP contribution in [0.2, 0.25) is 0 Å². The van der Waals surface area contributed by atoms with Crippen molar-refractivity contribution in [3.8, 4) is 0 Å². The van der Waals surface area contributed by atoms with Gasteiger partial charge in [0.25, 0.3) is 5.91 Å². The van der Waals surface area contributed by atoms with Crippen molar-refractivity contribution in [2.45, 2.75) is 51.1 Å². The lowest BCUT2D eigenvalue weighted by Gasteiger charge is -2.39. The van der Waals surface area contributed by atoms with Gasteiger partial charge in [-0.3, -0.25) is 14.6 Å². The fourth-order valence-electron chi connectivity index (χ4n) is 3.87. The summed E-state index contributed by atoms with van der Waals surface area (Å²) in [5.74, 6) is 0.902. The summed E-state index contributed by atoms with van der Waals surface area (Å²) in [5.41, 5.74) is 1.21. The monoisotopic (exact) mass is 314 g/mol. The van der Waals surface area contributed by atoms with Crippen LogP contribution in [0.5, 0.6) is 0 Å². The van der Waals surface area contributed by atoms with Crippen LogP contribution in [0, 0.1) is 12.8 Å². The van der Waals surface area contributed by atoms with Gasteiger partial charge < -0.3 is 9.80 Å². The Bertz CT molecular complexity index is 626. The number of hydrogen-bond acceptors (Lipinski definition) is 4. The van der Waals surface area contributed by atoms with Crippen molar-refractivity contribution in [1.82, 2.24) is 19.8 Å². The quantitative estimate of drug-likeness (QED) is 0.846. The maximum Gasteiger partial charge on any atom is 0.274 e. The van der Waals surface area contributed by atoms with Crippen LogP contribution < -0.4 is 0 Å². The molecule has 0 N–H and O–H groups in total. The summed E-state index contributed by atoms with van der Waals surface area (Å²) in [4.78, 5) is 37.4. The predicted molar refractivity (Wildman–Crippen MR) is 83.7 cm³/mol. The van der Waals surface area contributed by atoms with Crippen LogP contribution in [-0.4, -0.2) is 56.8 Å². The van der Waals surface area contributed by atoms with Gasteiger partial charge in [0.15, 0.2) is 0 Å². The molecule has 4 rings (SSSR count). The van der Waals surface area contributed by atoms with E-state index in [-0.39, 0.29) is 23.9 Å². The lowest BCUT2D eigenvalue weighted by Crippen LogP contribution is -2.53. The molecule has 1 aromatic rings. The van der Waals surface area contributed by atoms with Crippen LogP contribution in [0.15, 0.2) is 12.4 Å². The molecule has 3 fully saturated rings. The van der Waals surface area contributed by atoms with Crippen molar-refractivity contribution in [3.63, 3.8) is 0 Å². The maximum atomic E-state index is 12.8. The molecule has 2 atom stereocenters. The number of rotatable bonds is 3. The minimum atomic E-state index is -0.0503. The highest BCUT2D eigenvalue weighted by Gasteiger charge is 2.46. The van der Waals surface area contributed by atoms with Gasteiger partial charge in [-0.25, -0.2) is 4.98 Å². The highest BCUT2D eigenvalue weighted by Crippen LogP contribution is 2.36. The molecule has 0 bridgehead atoms. The van der Waals surface area contributed by atoms with Gasteiger partial charge in [0.2, 0.25) is 5.91 Å². The molecule has 2 amide bonds. The fourth-order valence-corrected chi connectivity index (χ4v) is 3.87. The second-order valence-electron chi connectivity index (χ2n) is 6.99. The van der Waals surface area contributed by atoms with Crippen LogP contribution in [0.3, 0.4) is 0 Å². The standard InChI is InChI=1S/C17H22N4O2/c1-11-8-19-13(9-18-11)17(23)20-7-6-15-14(20)4-5-16(22)21(15)10-12-2-3-12/h8-9,12,14-15H,2-7,10H2,1H3/t14-,15-/m1/s1. The van der Waals surface area contributed by atoms with Gasteiger partial charge in [-0.15, -0.1) is 0 Å². The first-order chi connectivity index (χ1) is 11.1. The normalized spacial score (nSPS) is 27.3. The summed E-state index contributed by atoms with van der Waals surface area (Å²) < 4.78 is 0. The molecule has 0 aromatic carbocycles. The Balaban J connectivity index is 1.52. The summed E-state index contributed by atoms with van der Waals surface area (Å²) in [6, 6.07) is 0.335. The summed E-state index contributed by atoms with van der Waals surface area (Å²) in [5, 5.41) is 0. The Labute approximate surface area is 135 Å². The van der Waals surface area contributed by atoms with Crippen molar-refractivity contribution in [2.24, 2.45) is 5.92 Å². The first-order valence-corrected chi connectivity index (χ1v) is 8.52.